The predicted octanol–water partition coefficient (Wildman–Crippen LogP) is 3.91. The van der Waals surface area contributed by atoms with Crippen LogP contribution in [0.5, 0.6) is 11.5 Å². The van der Waals surface area contributed by atoms with E-state index in [1.807, 2.05) is 60.7 Å². The summed E-state index contributed by atoms with van der Waals surface area (Å²) in [6, 6.07) is 19.4. The van der Waals surface area contributed by atoms with Gasteiger partial charge >= 0.3 is 0 Å². The van der Waals surface area contributed by atoms with Gasteiger partial charge in [-0.25, -0.2) is 0 Å². The van der Waals surface area contributed by atoms with Crippen LogP contribution in [0.3, 0.4) is 0 Å². The van der Waals surface area contributed by atoms with Gasteiger partial charge in [-0.2, -0.15) is 0 Å². The van der Waals surface area contributed by atoms with Crippen molar-refractivity contribution in [2.24, 2.45) is 0 Å². The lowest BCUT2D eigenvalue weighted by molar-refractivity contribution is 0.217. The lowest BCUT2D eigenvalue weighted by Gasteiger charge is -2.08. The van der Waals surface area contributed by atoms with Crippen molar-refractivity contribution in [3.8, 4) is 22.8 Å². The lowest BCUT2D eigenvalue weighted by atomic mass is 10.1. The highest BCUT2D eigenvalue weighted by Crippen LogP contribution is 2.23. The fourth-order valence-corrected chi connectivity index (χ4v) is 2.34. The van der Waals surface area contributed by atoms with Gasteiger partial charge in [-0.1, -0.05) is 30.3 Å². The van der Waals surface area contributed by atoms with Crippen LogP contribution in [-0.2, 0) is 6.54 Å². The Hall–Kier alpha value is -2.79. The minimum atomic E-state index is 0.489. The quantitative estimate of drug-likeness (QED) is 0.600. The summed E-state index contributed by atoms with van der Waals surface area (Å²) in [5.74, 6) is 2.40. The molecule has 0 spiro atoms. The summed E-state index contributed by atoms with van der Waals surface area (Å²) in [4.78, 5) is 0. The summed E-state index contributed by atoms with van der Waals surface area (Å²) in [5, 5.41) is 7.28. The number of hydrogen-bond acceptors (Lipinski definition) is 5. The van der Waals surface area contributed by atoms with Crippen molar-refractivity contribution in [3.05, 3.63) is 66.4 Å². The zero-order chi connectivity index (χ0) is 17.3. The normalized spacial score (nSPS) is 10.6. The molecule has 5 nitrogen and oxygen atoms in total. The third-order valence-corrected chi connectivity index (χ3v) is 3.62. The number of nitrogens with one attached hydrogen (secondary N) is 1. The molecule has 0 atom stereocenters. The molecule has 0 saturated heterocycles. The minimum Gasteiger partial charge on any atom is -0.490 e. The molecule has 5 heteroatoms. The van der Waals surface area contributed by atoms with Crippen LogP contribution in [0.2, 0.25) is 0 Å². The zero-order valence-corrected chi connectivity index (χ0v) is 14.3. The Labute approximate surface area is 147 Å². The van der Waals surface area contributed by atoms with Crippen molar-refractivity contribution in [1.82, 2.24) is 10.5 Å². The van der Waals surface area contributed by atoms with Gasteiger partial charge in [0.15, 0.2) is 5.76 Å². The fraction of sp³-hybridized carbons (Fsp3) is 0.250. The monoisotopic (exact) mass is 338 g/mol. The van der Waals surface area contributed by atoms with Gasteiger partial charge in [0.25, 0.3) is 0 Å². The molecule has 25 heavy (non-hydrogen) atoms. The molecule has 1 heterocycles. The first kappa shape index (κ1) is 17.0. The molecule has 2 aromatic carbocycles. The molecule has 0 radical (unpaired) electrons. The molecule has 0 saturated carbocycles. The Morgan fingerprint density at radius 2 is 1.60 bits per heavy atom. The van der Waals surface area contributed by atoms with Crippen molar-refractivity contribution < 1.29 is 14.0 Å². The van der Waals surface area contributed by atoms with Gasteiger partial charge in [-0.15, -0.1) is 0 Å². The van der Waals surface area contributed by atoms with E-state index in [1.165, 1.54) is 0 Å². The van der Waals surface area contributed by atoms with Crippen LogP contribution >= 0.6 is 0 Å². The third-order valence-electron chi connectivity index (χ3n) is 3.62. The fourth-order valence-electron chi connectivity index (χ4n) is 2.34. The van der Waals surface area contributed by atoms with Gasteiger partial charge in [-0.05, 0) is 42.9 Å². The number of ether oxygens (including phenoxy) is 2. The standard InChI is InChI=1S/C20H22N2O3/c1-2-21-15-17-14-20(25-22-17)16-8-10-19(11-9-16)24-13-12-23-18-6-4-3-5-7-18/h3-11,14,21H,2,12-13,15H2,1H3. The van der Waals surface area contributed by atoms with E-state index in [1.54, 1.807) is 0 Å². The molecule has 0 aliphatic heterocycles. The van der Waals surface area contributed by atoms with Crippen LogP contribution in [-0.4, -0.2) is 24.9 Å². The highest BCUT2D eigenvalue weighted by atomic mass is 16.5. The summed E-state index contributed by atoms with van der Waals surface area (Å²) < 4.78 is 16.7. The summed E-state index contributed by atoms with van der Waals surface area (Å²) >= 11 is 0. The first-order valence-corrected chi connectivity index (χ1v) is 8.42. The van der Waals surface area contributed by atoms with E-state index < -0.39 is 0 Å². The summed E-state index contributed by atoms with van der Waals surface area (Å²) in [7, 11) is 0. The molecule has 130 valence electrons. The molecule has 1 N–H and O–H groups in total. The van der Waals surface area contributed by atoms with Crippen LogP contribution < -0.4 is 14.8 Å². The van der Waals surface area contributed by atoms with Crippen molar-refractivity contribution in [2.75, 3.05) is 19.8 Å². The van der Waals surface area contributed by atoms with Gasteiger partial charge < -0.3 is 19.3 Å². The van der Waals surface area contributed by atoms with E-state index in [0.717, 1.165) is 35.1 Å². The van der Waals surface area contributed by atoms with Gasteiger partial charge in [0, 0.05) is 18.2 Å². The third kappa shape index (κ3) is 5.09. The van der Waals surface area contributed by atoms with E-state index in [4.69, 9.17) is 14.0 Å². The molecule has 0 unspecified atom stereocenters. The maximum atomic E-state index is 5.70. The Morgan fingerprint density at radius 1 is 0.920 bits per heavy atom. The van der Waals surface area contributed by atoms with Crippen LogP contribution in [0.4, 0.5) is 0 Å². The van der Waals surface area contributed by atoms with Crippen molar-refractivity contribution in [2.45, 2.75) is 13.5 Å². The highest BCUT2D eigenvalue weighted by Gasteiger charge is 2.06. The van der Waals surface area contributed by atoms with Crippen LogP contribution in [0.15, 0.2) is 65.2 Å². The van der Waals surface area contributed by atoms with Gasteiger partial charge in [0.2, 0.25) is 0 Å². The number of para-hydroxylation sites is 1. The first-order valence-electron chi connectivity index (χ1n) is 8.42. The van der Waals surface area contributed by atoms with Crippen molar-refractivity contribution >= 4 is 0 Å². The number of nitrogens with zero attached hydrogens (tertiary/aromatic N) is 1. The zero-order valence-electron chi connectivity index (χ0n) is 14.3. The van der Waals surface area contributed by atoms with E-state index in [-0.39, 0.29) is 0 Å². The molecule has 1 aromatic heterocycles. The molecule has 0 fully saturated rings. The second kappa shape index (κ2) is 8.89. The maximum absolute atomic E-state index is 5.70. The molecule has 0 aliphatic carbocycles. The summed E-state index contributed by atoms with van der Waals surface area (Å²) in [6.45, 7) is 4.67. The molecule has 0 bridgehead atoms. The molecule has 0 amide bonds. The predicted molar refractivity (Wildman–Crippen MR) is 96.8 cm³/mol. The molecule has 0 aliphatic rings. The van der Waals surface area contributed by atoms with Gasteiger partial charge in [-0.3, -0.25) is 0 Å². The van der Waals surface area contributed by atoms with Gasteiger partial charge in [0.05, 0.1) is 5.69 Å². The Morgan fingerprint density at radius 3 is 2.28 bits per heavy atom. The minimum absolute atomic E-state index is 0.489. The second-order valence-electron chi connectivity index (χ2n) is 5.50. The van der Waals surface area contributed by atoms with E-state index >= 15 is 0 Å². The van der Waals surface area contributed by atoms with Crippen molar-refractivity contribution in [1.29, 1.82) is 0 Å². The second-order valence-corrected chi connectivity index (χ2v) is 5.50. The largest absolute Gasteiger partial charge is 0.490 e. The SMILES string of the molecule is CCNCc1cc(-c2ccc(OCCOc3ccccc3)cc2)on1. The number of hydrogen-bond donors (Lipinski definition) is 1. The Balaban J connectivity index is 1.47. The first-order chi connectivity index (χ1) is 12.3. The van der Waals surface area contributed by atoms with Gasteiger partial charge in [0.1, 0.15) is 24.7 Å². The summed E-state index contributed by atoms with van der Waals surface area (Å²) in [6.07, 6.45) is 0. The smallest absolute Gasteiger partial charge is 0.167 e. The number of benzene rings is 2. The maximum Gasteiger partial charge on any atom is 0.167 e. The topological polar surface area (TPSA) is 56.5 Å². The van der Waals surface area contributed by atoms with Crippen LogP contribution in [0.1, 0.15) is 12.6 Å². The average molecular weight is 338 g/mol. The van der Waals surface area contributed by atoms with Crippen LogP contribution in [0.25, 0.3) is 11.3 Å². The van der Waals surface area contributed by atoms with E-state index in [0.29, 0.717) is 19.8 Å². The molecular formula is C20H22N2O3. The highest BCUT2D eigenvalue weighted by molar-refractivity contribution is 5.58. The number of aromatic nitrogens is 1. The molecular weight excluding hydrogens is 316 g/mol. The average Bonchev–Trinajstić information content (AvgIpc) is 3.14. The van der Waals surface area contributed by atoms with Crippen LogP contribution in [0, 0.1) is 0 Å². The molecule has 3 rings (SSSR count). The van der Waals surface area contributed by atoms with Crippen molar-refractivity contribution in [3.63, 3.8) is 0 Å². The molecule has 3 aromatic rings. The van der Waals surface area contributed by atoms with E-state index in [2.05, 4.69) is 17.4 Å². The summed E-state index contributed by atoms with van der Waals surface area (Å²) in [5.41, 5.74) is 1.87. The lowest BCUT2D eigenvalue weighted by Crippen LogP contribution is -2.11. The van der Waals surface area contributed by atoms with E-state index in [9.17, 15) is 0 Å². The Bertz CT molecular complexity index is 754. The number of rotatable bonds is 9. The Kier molecular flexibility index (Phi) is 6.06.